The summed E-state index contributed by atoms with van der Waals surface area (Å²) in [6.07, 6.45) is 1.55. The number of halogens is 1. The highest BCUT2D eigenvalue weighted by Gasteiger charge is 2.16. The minimum atomic E-state index is -0.510. The zero-order valence-corrected chi connectivity index (χ0v) is 12.9. The van der Waals surface area contributed by atoms with Gasteiger partial charge in [-0.15, -0.1) is 0 Å². The van der Waals surface area contributed by atoms with Crippen LogP contribution in [0.2, 0.25) is 5.02 Å². The molecule has 0 atom stereocenters. The maximum absolute atomic E-state index is 12.0. The largest absolute Gasteiger partial charge is 0.481 e. The predicted octanol–water partition coefficient (Wildman–Crippen LogP) is 2.19. The van der Waals surface area contributed by atoms with Crippen LogP contribution in [0.25, 0.3) is 10.9 Å². The maximum Gasteiger partial charge on any atom is 0.344 e. The first-order valence-electron chi connectivity index (χ1n) is 6.65. The number of aromatic nitrogens is 1. The summed E-state index contributed by atoms with van der Waals surface area (Å²) in [4.78, 5) is 27.6. The van der Waals surface area contributed by atoms with Gasteiger partial charge < -0.3 is 14.8 Å². The van der Waals surface area contributed by atoms with Crippen molar-refractivity contribution in [3.05, 3.63) is 35.0 Å². The fraction of sp³-hybridized carbons (Fsp3) is 0.267. The van der Waals surface area contributed by atoms with Crippen molar-refractivity contribution in [2.75, 3.05) is 20.3 Å². The molecule has 0 bridgehead atoms. The molecule has 0 saturated heterocycles. The molecular formula is C15H15ClN2O4. The lowest BCUT2D eigenvalue weighted by molar-refractivity contribution is -0.145. The lowest BCUT2D eigenvalue weighted by atomic mass is 10.1. The number of pyridine rings is 1. The van der Waals surface area contributed by atoms with Crippen LogP contribution < -0.4 is 10.1 Å². The molecule has 2 aromatic rings. The molecule has 0 radical (unpaired) electrons. The van der Waals surface area contributed by atoms with Crippen molar-refractivity contribution in [2.45, 2.75) is 6.92 Å². The van der Waals surface area contributed by atoms with E-state index in [1.165, 1.54) is 7.05 Å². The molecule has 1 amide bonds. The van der Waals surface area contributed by atoms with E-state index in [9.17, 15) is 9.59 Å². The van der Waals surface area contributed by atoms with Crippen LogP contribution in [-0.4, -0.2) is 37.1 Å². The van der Waals surface area contributed by atoms with Crippen molar-refractivity contribution in [3.8, 4) is 5.75 Å². The number of carbonyl (C=O) groups excluding carboxylic acids is 2. The van der Waals surface area contributed by atoms with Crippen molar-refractivity contribution in [1.29, 1.82) is 0 Å². The molecule has 0 fully saturated rings. The van der Waals surface area contributed by atoms with Gasteiger partial charge in [0, 0.05) is 24.7 Å². The van der Waals surface area contributed by atoms with E-state index in [1.54, 1.807) is 31.3 Å². The molecule has 1 aromatic heterocycles. The minimum Gasteiger partial charge on any atom is -0.481 e. The van der Waals surface area contributed by atoms with Crippen LogP contribution in [0.15, 0.2) is 24.4 Å². The van der Waals surface area contributed by atoms with E-state index in [0.717, 1.165) is 0 Å². The molecule has 7 heteroatoms. The van der Waals surface area contributed by atoms with Gasteiger partial charge in [0.05, 0.1) is 22.7 Å². The van der Waals surface area contributed by atoms with Crippen molar-refractivity contribution in [3.63, 3.8) is 0 Å². The first kappa shape index (κ1) is 16.0. The summed E-state index contributed by atoms with van der Waals surface area (Å²) in [6.45, 7) is 1.68. The topological polar surface area (TPSA) is 77.5 Å². The number of carbonyl (C=O) groups is 2. The number of nitrogens with zero attached hydrogens (tertiary/aromatic N) is 1. The number of amides is 1. The Labute approximate surface area is 132 Å². The molecule has 0 aliphatic heterocycles. The Bertz CT molecular complexity index is 718. The Kier molecular flexibility index (Phi) is 5.16. The highest BCUT2D eigenvalue weighted by atomic mass is 35.5. The van der Waals surface area contributed by atoms with Gasteiger partial charge in [0.25, 0.3) is 5.91 Å². The Balaban J connectivity index is 2.41. The summed E-state index contributed by atoms with van der Waals surface area (Å²) >= 11 is 6.11. The van der Waals surface area contributed by atoms with E-state index in [0.29, 0.717) is 15.9 Å². The third-order valence-electron chi connectivity index (χ3n) is 2.91. The second-order valence-electron chi connectivity index (χ2n) is 4.33. The van der Waals surface area contributed by atoms with E-state index in [2.05, 4.69) is 10.3 Å². The van der Waals surface area contributed by atoms with E-state index in [-0.39, 0.29) is 30.4 Å². The molecule has 1 heterocycles. The second kappa shape index (κ2) is 7.09. The molecule has 22 heavy (non-hydrogen) atoms. The molecule has 6 nitrogen and oxygen atoms in total. The van der Waals surface area contributed by atoms with Gasteiger partial charge >= 0.3 is 5.97 Å². The van der Waals surface area contributed by atoms with Gasteiger partial charge in [0.15, 0.2) is 6.61 Å². The summed E-state index contributed by atoms with van der Waals surface area (Å²) in [5.74, 6) is -0.611. The van der Waals surface area contributed by atoms with Gasteiger partial charge in [-0.05, 0) is 19.1 Å². The summed E-state index contributed by atoms with van der Waals surface area (Å²) in [7, 11) is 1.51. The van der Waals surface area contributed by atoms with E-state index < -0.39 is 5.97 Å². The van der Waals surface area contributed by atoms with E-state index >= 15 is 0 Å². The first-order chi connectivity index (χ1) is 10.6. The summed E-state index contributed by atoms with van der Waals surface area (Å²) in [5.41, 5.74) is 0.841. The number of hydrogen-bond donors (Lipinski definition) is 1. The van der Waals surface area contributed by atoms with Crippen molar-refractivity contribution in [2.24, 2.45) is 0 Å². The lowest BCUT2D eigenvalue weighted by Crippen LogP contribution is -2.21. The number of ether oxygens (including phenoxy) is 2. The summed E-state index contributed by atoms with van der Waals surface area (Å²) < 4.78 is 10.2. The summed E-state index contributed by atoms with van der Waals surface area (Å²) in [6, 6.07) is 4.80. The third-order valence-corrected chi connectivity index (χ3v) is 3.24. The Morgan fingerprint density at radius 2 is 2.14 bits per heavy atom. The van der Waals surface area contributed by atoms with Gasteiger partial charge in [-0.25, -0.2) is 4.79 Å². The van der Waals surface area contributed by atoms with Gasteiger partial charge in [0.1, 0.15) is 5.75 Å². The van der Waals surface area contributed by atoms with Gasteiger partial charge in [0.2, 0.25) is 0 Å². The average Bonchev–Trinajstić information content (AvgIpc) is 2.52. The fourth-order valence-corrected chi connectivity index (χ4v) is 2.12. The Hall–Kier alpha value is -2.34. The number of hydrogen-bond acceptors (Lipinski definition) is 5. The number of fused-ring (bicyclic) bond motifs is 1. The van der Waals surface area contributed by atoms with Crippen LogP contribution in [0.1, 0.15) is 17.3 Å². The molecule has 1 N–H and O–H groups in total. The molecule has 116 valence electrons. The van der Waals surface area contributed by atoms with Crippen LogP contribution in [0.4, 0.5) is 0 Å². The fourth-order valence-electron chi connectivity index (χ4n) is 1.91. The average molecular weight is 323 g/mol. The van der Waals surface area contributed by atoms with E-state index in [4.69, 9.17) is 21.1 Å². The van der Waals surface area contributed by atoms with Crippen LogP contribution in [0, 0.1) is 0 Å². The highest BCUT2D eigenvalue weighted by Crippen LogP contribution is 2.29. The number of nitrogens with one attached hydrogen (secondary N) is 1. The second-order valence-corrected chi connectivity index (χ2v) is 4.74. The standard InChI is InChI=1S/C15H15ClN2O4/c1-3-21-14(19)8-22-13-7-12-9(11(16)4-5-18-12)6-10(13)15(20)17-2/h4-7H,3,8H2,1-2H3,(H,17,20). The number of esters is 1. The third kappa shape index (κ3) is 3.46. The molecule has 0 spiro atoms. The monoisotopic (exact) mass is 322 g/mol. The zero-order valence-electron chi connectivity index (χ0n) is 12.2. The SMILES string of the molecule is CCOC(=O)COc1cc2nccc(Cl)c2cc1C(=O)NC. The van der Waals surface area contributed by atoms with Crippen LogP contribution >= 0.6 is 11.6 Å². The number of benzene rings is 1. The smallest absolute Gasteiger partial charge is 0.344 e. The molecule has 1 aromatic carbocycles. The van der Waals surface area contributed by atoms with Gasteiger partial charge in [-0.3, -0.25) is 9.78 Å². The molecule has 0 unspecified atom stereocenters. The normalized spacial score (nSPS) is 10.3. The first-order valence-corrected chi connectivity index (χ1v) is 7.03. The van der Waals surface area contributed by atoms with Crippen LogP contribution in [-0.2, 0) is 9.53 Å². The van der Waals surface area contributed by atoms with E-state index in [1.807, 2.05) is 0 Å². The minimum absolute atomic E-state index is 0.245. The van der Waals surface area contributed by atoms with Gasteiger partial charge in [-0.1, -0.05) is 11.6 Å². The van der Waals surface area contributed by atoms with Crippen LogP contribution in [0.3, 0.4) is 0 Å². The van der Waals surface area contributed by atoms with Crippen molar-refractivity contribution < 1.29 is 19.1 Å². The quantitative estimate of drug-likeness (QED) is 0.854. The molecule has 2 rings (SSSR count). The molecular weight excluding hydrogens is 308 g/mol. The predicted molar refractivity (Wildman–Crippen MR) is 82.3 cm³/mol. The lowest BCUT2D eigenvalue weighted by Gasteiger charge is -2.12. The Morgan fingerprint density at radius 1 is 1.36 bits per heavy atom. The van der Waals surface area contributed by atoms with Crippen molar-refractivity contribution in [1.82, 2.24) is 10.3 Å². The number of rotatable bonds is 5. The Morgan fingerprint density at radius 3 is 2.82 bits per heavy atom. The summed E-state index contributed by atoms with van der Waals surface area (Å²) in [5, 5.41) is 3.63. The molecule has 0 aliphatic carbocycles. The van der Waals surface area contributed by atoms with Gasteiger partial charge in [-0.2, -0.15) is 0 Å². The van der Waals surface area contributed by atoms with Crippen molar-refractivity contribution >= 4 is 34.4 Å². The molecule has 0 saturated carbocycles. The zero-order chi connectivity index (χ0) is 16.1. The highest BCUT2D eigenvalue weighted by molar-refractivity contribution is 6.35. The molecule has 0 aliphatic rings. The van der Waals surface area contributed by atoms with Crippen LogP contribution in [0.5, 0.6) is 5.75 Å². The maximum atomic E-state index is 12.0.